The molecule has 1 aliphatic rings. The fourth-order valence-corrected chi connectivity index (χ4v) is 3.76. The van der Waals surface area contributed by atoms with Crippen LogP contribution in [0.4, 0.5) is 14.5 Å². The van der Waals surface area contributed by atoms with E-state index in [9.17, 15) is 23.2 Å². The largest absolute Gasteiger partial charge is 0.339 e. The normalized spacial score (nSPS) is 14.3. The minimum absolute atomic E-state index is 0.108. The second kappa shape index (κ2) is 11.4. The number of benzene rings is 2. The Hall–Kier alpha value is -3.55. The van der Waals surface area contributed by atoms with Crippen LogP contribution in [0, 0.1) is 17.6 Å². The Morgan fingerprint density at radius 3 is 2.27 bits per heavy atom. The van der Waals surface area contributed by atoms with E-state index in [0.717, 1.165) is 17.7 Å². The summed E-state index contributed by atoms with van der Waals surface area (Å²) in [6, 6.07) is 12.8. The van der Waals surface area contributed by atoms with Crippen molar-refractivity contribution >= 4 is 29.5 Å². The molecule has 1 N–H and O–H groups in total. The van der Waals surface area contributed by atoms with Crippen molar-refractivity contribution in [2.24, 2.45) is 5.92 Å². The molecular formula is C25H27F2N3O3. The molecule has 0 spiro atoms. The van der Waals surface area contributed by atoms with Crippen LogP contribution in [0.1, 0.15) is 25.3 Å². The summed E-state index contributed by atoms with van der Waals surface area (Å²) in [7, 11) is 0. The average molecular weight is 456 g/mol. The van der Waals surface area contributed by atoms with Gasteiger partial charge in [-0.1, -0.05) is 36.4 Å². The van der Waals surface area contributed by atoms with Gasteiger partial charge < -0.3 is 15.1 Å². The van der Waals surface area contributed by atoms with Gasteiger partial charge in [-0.2, -0.15) is 0 Å². The smallest absolute Gasteiger partial charge is 0.246 e. The van der Waals surface area contributed by atoms with E-state index < -0.39 is 23.2 Å². The second-order valence-electron chi connectivity index (χ2n) is 7.84. The molecule has 6 nitrogen and oxygen atoms in total. The molecule has 0 aromatic heterocycles. The van der Waals surface area contributed by atoms with Gasteiger partial charge in [0.15, 0.2) is 0 Å². The van der Waals surface area contributed by atoms with Gasteiger partial charge in [0.1, 0.15) is 17.3 Å². The van der Waals surface area contributed by atoms with Gasteiger partial charge in [-0.05, 0) is 43.5 Å². The number of hydrogen-bond acceptors (Lipinski definition) is 3. The highest BCUT2D eigenvalue weighted by atomic mass is 19.1. The Labute approximate surface area is 191 Å². The Morgan fingerprint density at radius 2 is 1.67 bits per heavy atom. The first-order valence-corrected chi connectivity index (χ1v) is 10.9. The molecule has 0 saturated carbocycles. The lowest BCUT2D eigenvalue weighted by molar-refractivity contribution is -0.141. The van der Waals surface area contributed by atoms with Gasteiger partial charge in [-0.3, -0.25) is 14.4 Å². The van der Waals surface area contributed by atoms with Gasteiger partial charge in [-0.25, -0.2) is 8.78 Å². The number of hydrogen-bond donors (Lipinski definition) is 1. The number of likely N-dealkylation sites (tertiary alicyclic amines) is 1. The van der Waals surface area contributed by atoms with Gasteiger partial charge in [0.2, 0.25) is 17.7 Å². The summed E-state index contributed by atoms with van der Waals surface area (Å²) in [5, 5.41) is 2.21. The fourth-order valence-electron chi connectivity index (χ4n) is 3.76. The summed E-state index contributed by atoms with van der Waals surface area (Å²) in [5.74, 6) is -3.05. The van der Waals surface area contributed by atoms with Crippen LogP contribution in [0.2, 0.25) is 0 Å². The van der Waals surface area contributed by atoms with E-state index in [2.05, 4.69) is 5.32 Å². The number of halogens is 2. The Morgan fingerprint density at radius 1 is 1.03 bits per heavy atom. The molecule has 1 aliphatic heterocycles. The van der Waals surface area contributed by atoms with Crippen LogP contribution in [0.3, 0.4) is 0 Å². The molecule has 0 radical (unpaired) electrons. The maximum absolute atomic E-state index is 13.8. The zero-order valence-corrected chi connectivity index (χ0v) is 18.5. The van der Waals surface area contributed by atoms with Crippen molar-refractivity contribution in [1.82, 2.24) is 9.80 Å². The zero-order valence-electron chi connectivity index (χ0n) is 18.5. The van der Waals surface area contributed by atoms with Crippen LogP contribution < -0.4 is 5.32 Å². The van der Waals surface area contributed by atoms with Gasteiger partial charge in [0, 0.05) is 31.6 Å². The van der Waals surface area contributed by atoms with Crippen LogP contribution in [0.15, 0.2) is 54.6 Å². The summed E-state index contributed by atoms with van der Waals surface area (Å²) in [5.41, 5.74) is 0.407. The van der Waals surface area contributed by atoms with Crippen molar-refractivity contribution in [2.45, 2.75) is 19.8 Å². The van der Waals surface area contributed by atoms with E-state index in [1.54, 1.807) is 17.9 Å². The molecule has 33 heavy (non-hydrogen) atoms. The molecule has 8 heteroatoms. The lowest BCUT2D eigenvalue weighted by atomic mass is 9.95. The monoisotopic (exact) mass is 455 g/mol. The van der Waals surface area contributed by atoms with Crippen LogP contribution in [0.25, 0.3) is 6.08 Å². The molecule has 0 atom stereocenters. The van der Waals surface area contributed by atoms with E-state index >= 15 is 0 Å². The number of carbonyl (C=O) groups is 3. The van der Waals surface area contributed by atoms with Crippen molar-refractivity contribution in [3.05, 3.63) is 71.8 Å². The maximum Gasteiger partial charge on any atom is 0.246 e. The number of piperidine rings is 1. The maximum atomic E-state index is 13.8. The molecule has 1 fully saturated rings. The fraction of sp³-hybridized carbons (Fsp3) is 0.320. The molecule has 2 aromatic carbocycles. The van der Waals surface area contributed by atoms with E-state index in [0.29, 0.717) is 25.9 Å². The van der Waals surface area contributed by atoms with Crippen molar-refractivity contribution in [2.75, 3.05) is 31.5 Å². The van der Waals surface area contributed by atoms with Gasteiger partial charge in [-0.15, -0.1) is 0 Å². The molecule has 174 valence electrons. The number of rotatable bonds is 7. The Balaban J connectivity index is 1.51. The van der Waals surface area contributed by atoms with Gasteiger partial charge in [0.25, 0.3) is 0 Å². The summed E-state index contributed by atoms with van der Waals surface area (Å²) < 4.78 is 27.5. The third kappa shape index (κ3) is 6.47. The minimum Gasteiger partial charge on any atom is -0.339 e. The topological polar surface area (TPSA) is 69.7 Å². The number of para-hydroxylation sites is 1. The summed E-state index contributed by atoms with van der Waals surface area (Å²) in [4.78, 5) is 40.7. The molecule has 1 saturated heterocycles. The summed E-state index contributed by atoms with van der Waals surface area (Å²) >= 11 is 0. The molecule has 3 rings (SSSR count). The lowest BCUT2D eigenvalue weighted by Gasteiger charge is -2.33. The second-order valence-corrected chi connectivity index (χ2v) is 7.84. The minimum atomic E-state index is -0.879. The third-order valence-corrected chi connectivity index (χ3v) is 5.63. The summed E-state index contributed by atoms with van der Waals surface area (Å²) in [6.45, 7) is 2.60. The van der Waals surface area contributed by atoms with E-state index in [1.807, 2.05) is 30.3 Å². The van der Waals surface area contributed by atoms with Crippen LogP contribution >= 0.6 is 0 Å². The Kier molecular flexibility index (Phi) is 8.29. The quantitative estimate of drug-likeness (QED) is 0.648. The predicted octanol–water partition coefficient (Wildman–Crippen LogP) is 3.70. The molecule has 0 aliphatic carbocycles. The molecular weight excluding hydrogens is 428 g/mol. The van der Waals surface area contributed by atoms with E-state index in [4.69, 9.17) is 0 Å². The highest BCUT2D eigenvalue weighted by Gasteiger charge is 2.30. The number of carbonyl (C=O) groups excluding carboxylic acids is 3. The lowest BCUT2D eigenvalue weighted by Crippen LogP contribution is -2.46. The standard InChI is InChI=1S/C25H27F2N3O3/c1-2-29(17-22(31)28-24-20(26)9-6-10-21(24)27)25(33)19-13-15-30(16-14-19)23(32)12-11-18-7-4-3-5-8-18/h3-12,19H,2,13-17H2,1H3,(H,28,31)/b12-11+. The van der Waals surface area contributed by atoms with E-state index in [1.165, 1.54) is 17.0 Å². The van der Waals surface area contributed by atoms with Crippen molar-refractivity contribution < 1.29 is 23.2 Å². The molecule has 3 amide bonds. The molecule has 2 aromatic rings. The van der Waals surface area contributed by atoms with Crippen molar-refractivity contribution in [1.29, 1.82) is 0 Å². The zero-order chi connectivity index (χ0) is 23.8. The Bertz CT molecular complexity index is 999. The van der Waals surface area contributed by atoms with Crippen molar-refractivity contribution in [3.8, 4) is 0 Å². The van der Waals surface area contributed by atoms with Gasteiger partial charge >= 0.3 is 0 Å². The van der Waals surface area contributed by atoms with Crippen molar-refractivity contribution in [3.63, 3.8) is 0 Å². The summed E-state index contributed by atoms with van der Waals surface area (Å²) in [6.07, 6.45) is 4.27. The SMILES string of the molecule is CCN(CC(=O)Nc1c(F)cccc1F)C(=O)C1CCN(C(=O)/C=C/c2ccccc2)CC1. The number of anilines is 1. The van der Waals surface area contributed by atoms with E-state index in [-0.39, 0.29) is 30.8 Å². The molecule has 0 unspecified atom stereocenters. The van der Waals surface area contributed by atoms with Gasteiger partial charge in [0.05, 0.1) is 6.54 Å². The predicted molar refractivity (Wildman–Crippen MR) is 122 cm³/mol. The highest BCUT2D eigenvalue weighted by Crippen LogP contribution is 2.21. The first-order valence-electron chi connectivity index (χ1n) is 10.9. The van der Waals surface area contributed by atoms with Crippen LogP contribution in [0.5, 0.6) is 0 Å². The number of nitrogens with one attached hydrogen (secondary N) is 1. The van der Waals surface area contributed by atoms with Crippen LogP contribution in [-0.4, -0.2) is 53.7 Å². The number of amides is 3. The molecule has 1 heterocycles. The average Bonchev–Trinajstić information content (AvgIpc) is 2.83. The first-order chi connectivity index (χ1) is 15.9. The van der Waals surface area contributed by atoms with Crippen LogP contribution in [-0.2, 0) is 14.4 Å². The molecule has 0 bridgehead atoms. The third-order valence-electron chi connectivity index (χ3n) is 5.63. The first kappa shape index (κ1) is 24.1. The highest BCUT2D eigenvalue weighted by molar-refractivity contribution is 5.95. The number of nitrogens with zero attached hydrogens (tertiary/aromatic N) is 2. The number of likely N-dealkylation sites (N-methyl/N-ethyl adjacent to an activating group) is 1.